The summed E-state index contributed by atoms with van der Waals surface area (Å²) < 4.78 is 2.32. The number of rotatable bonds is 3. The van der Waals surface area contributed by atoms with Crippen LogP contribution < -0.4 is 5.32 Å². The minimum absolute atomic E-state index is 0.480. The third-order valence-electron chi connectivity index (χ3n) is 4.82. The van der Waals surface area contributed by atoms with Gasteiger partial charge in [0.2, 0.25) is 0 Å². The molecular formula is C20H22N2O. The first kappa shape index (κ1) is 14.5. The van der Waals surface area contributed by atoms with Crippen LogP contribution in [0.5, 0.6) is 0 Å². The number of nitrogens with one attached hydrogen (secondary N) is 1. The van der Waals surface area contributed by atoms with Gasteiger partial charge in [-0.25, -0.2) is 0 Å². The third kappa shape index (κ3) is 2.56. The molecule has 0 bridgehead atoms. The minimum Gasteiger partial charge on any atom is -0.387 e. The van der Waals surface area contributed by atoms with E-state index in [0.29, 0.717) is 6.54 Å². The Morgan fingerprint density at radius 2 is 2.00 bits per heavy atom. The van der Waals surface area contributed by atoms with Crippen LogP contribution >= 0.6 is 0 Å². The molecule has 3 aromatic rings. The first-order chi connectivity index (χ1) is 11.2. The summed E-state index contributed by atoms with van der Waals surface area (Å²) in [5.41, 5.74) is 6.27. The van der Waals surface area contributed by atoms with E-state index in [4.69, 9.17) is 0 Å². The van der Waals surface area contributed by atoms with Gasteiger partial charge in [-0.05, 0) is 30.2 Å². The number of aryl methyl sites for hydroxylation is 1. The molecule has 2 aromatic carbocycles. The molecule has 0 radical (unpaired) electrons. The van der Waals surface area contributed by atoms with Crippen LogP contribution in [0.1, 0.15) is 28.5 Å². The Labute approximate surface area is 136 Å². The Kier molecular flexibility index (Phi) is 3.68. The monoisotopic (exact) mass is 306 g/mol. The molecule has 1 unspecified atom stereocenters. The predicted octanol–water partition coefficient (Wildman–Crippen LogP) is 3.33. The molecule has 118 valence electrons. The van der Waals surface area contributed by atoms with Crippen molar-refractivity contribution in [3.8, 4) is 0 Å². The zero-order valence-corrected chi connectivity index (χ0v) is 13.4. The van der Waals surface area contributed by atoms with Crippen molar-refractivity contribution >= 4 is 10.9 Å². The number of benzene rings is 2. The molecule has 0 spiro atoms. The summed E-state index contributed by atoms with van der Waals surface area (Å²) in [6.45, 7) is 4.67. The zero-order valence-electron chi connectivity index (χ0n) is 13.4. The van der Waals surface area contributed by atoms with Crippen LogP contribution in [0.25, 0.3) is 10.9 Å². The molecule has 0 amide bonds. The first-order valence-corrected chi connectivity index (χ1v) is 8.28. The van der Waals surface area contributed by atoms with Crippen LogP contribution in [0.2, 0.25) is 0 Å². The molecule has 3 nitrogen and oxygen atoms in total. The molecule has 1 aliphatic heterocycles. The van der Waals surface area contributed by atoms with Gasteiger partial charge in [0.05, 0.1) is 12.6 Å². The van der Waals surface area contributed by atoms with Gasteiger partial charge in [-0.2, -0.15) is 0 Å². The summed E-state index contributed by atoms with van der Waals surface area (Å²) in [4.78, 5) is 0. The summed E-state index contributed by atoms with van der Waals surface area (Å²) in [6, 6.07) is 16.6. The maximum absolute atomic E-state index is 10.7. The lowest BCUT2D eigenvalue weighted by Crippen LogP contribution is -2.25. The Hall–Kier alpha value is -2.10. The van der Waals surface area contributed by atoms with E-state index >= 15 is 0 Å². The van der Waals surface area contributed by atoms with E-state index in [1.165, 1.54) is 27.7 Å². The van der Waals surface area contributed by atoms with Crippen molar-refractivity contribution in [3.63, 3.8) is 0 Å². The number of aliphatic hydroxyl groups is 1. The minimum atomic E-state index is -0.480. The second-order valence-corrected chi connectivity index (χ2v) is 6.41. The van der Waals surface area contributed by atoms with Crippen LogP contribution in [0, 0.1) is 6.92 Å². The van der Waals surface area contributed by atoms with E-state index in [-0.39, 0.29) is 0 Å². The van der Waals surface area contributed by atoms with E-state index in [1.54, 1.807) is 0 Å². The Bertz CT molecular complexity index is 836. The van der Waals surface area contributed by atoms with Crippen molar-refractivity contribution in [2.24, 2.45) is 0 Å². The highest BCUT2D eigenvalue weighted by Crippen LogP contribution is 2.31. The van der Waals surface area contributed by atoms with Gasteiger partial charge in [0.15, 0.2) is 0 Å². The Morgan fingerprint density at radius 1 is 1.17 bits per heavy atom. The van der Waals surface area contributed by atoms with Crippen LogP contribution in [0.3, 0.4) is 0 Å². The number of nitrogens with zero attached hydrogens (tertiary/aromatic N) is 1. The number of aromatic nitrogens is 1. The van der Waals surface area contributed by atoms with Gasteiger partial charge in [0, 0.05) is 36.1 Å². The molecule has 3 heteroatoms. The maximum Gasteiger partial charge on any atom is 0.0969 e. The van der Waals surface area contributed by atoms with Gasteiger partial charge in [0.1, 0.15) is 0 Å². The molecule has 2 N–H and O–H groups in total. The van der Waals surface area contributed by atoms with Crippen molar-refractivity contribution in [1.82, 2.24) is 9.88 Å². The number of fused-ring (bicyclic) bond motifs is 3. The van der Waals surface area contributed by atoms with Crippen molar-refractivity contribution < 1.29 is 5.11 Å². The van der Waals surface area contributed by atoms with Crippen LogP contribution in [-0.2, 0) is 19.5 Å². The Balaban J connectivity index is 1.80. The van der Waals surface area contributed by atoms with Gasteiger partial charge in [0.25, 0.3) is 0 Å². The van der Waals surface area contributed by atoms with E-state index < -0.39 is 6.10 Å². The molecule has 2 heterocycles. The molecule has 23 heavy (non-hydrogen) atoms. The fourth-order valence-corrected chi connectivity index (χ4v) is 3.66. The lowest BCUT2D eigenvalue weighted by molar-refractivity contribution is 0.157. The number of aliphatic hydroxyl groups excluding tert-OH is 1. The first-order valence-electron chi connectivity index (χ1n) is 8.28. The second-order valence-electron chi connectivity index (χ2n) is 6.41. The highest BCUT2D eigenvalue weighted by Gasteiger charge is 2.21. The fraction of sp³-hybridized carbons (Fsp3) is 0.300. The highest BCUT2D eigenvalue weighted by molar-refractivity contribution is 5.86. The Morgan fingerprint density at radius 3 is 2.83 bits per heavy atom. The van der Waals surface area contributed by atoms with Crippen molar-refractivity contribution in [3.05, 3.63) is 70.9 Å². The summed E-state index contributed by atoms with van der Waals surface area (Å²) in [6.07, 6.45) is 0.539. The third-order valence-corrected chi connectivity index (χ3v) is 4.82. The van der Waals surface area contributed by atoms with Gasteiger partial charge in [-0.15, -0.1) is 0 Å². The molecule has 0 saturated carbocycles. The lowest BCUT2D eigenvalue weighted by Gasteiger charge is -2.19. The van der Waals surface area contributed by atoms with E-state index in [9.17, 15) is 5.11 Å². The lowest BCUT2D eigenvalue weighted by atomic mass is 10.0. The standard InChI is InChI=1S/C20H22N2O/c1-14-7-8-18-16(11-14)17-12-21-10-9-19(17)22(18)13-20(23)15-5-3-2-4-6-15/h2-8,11,20-21,23H,9-10,12-13H2,1H3. The normalized spacial score (nSPS) is 15.6. The largest absolute Gasteiger partial charge is 0.387 e. The quantitative estimate of drug-likeness (QED) is 0.779. The zero-order chi connectivity index (χ0) is 15.8. The molecule has 1 atom stereocenters. The highest BCUT2D eigenvalue weighted by atomic mass is 16.3. The molecular weight excluding hydrogens is 284 g/mol. The average molecular weight is 306 g/mol. The summed E-state index contributed by atoms with van der Waals surface area (Å²) >= 11 is 0. The van der Waals surface area contributed by atoms with Crippen molar-refractivity contribution in [2.75, 3.05) is 6.54 Å². The predicted molar refractivity (Wildman–Crippen MR) is 93.5 cm³/mol. The summed E-state index contributed by atoms with van der Waals surface area (Å²) in [5.74, 6) is 0. The van der Waals surface area contributed by atoms with Crippen molar-refractivity contribution in [1.29, 1.82) is 0 Å². The van der Waals surface area contributed by atoms with E-state index in [2.05, 4.69) is 35.0 Å². The van der Waals surface area contributed by atoms with Gasteiger partial charge in [-0.1, -0.05) is 42.0 Å². The molecule has 0 saturated heterocycles. The molecule has 1 aliphatic rings. The van der Waals surface area contributed by atoms with Gasteiger partial charge >= 0.3 is 0 Å². The van der Waals surface area contributed by atoms with Gasteiger partial charge in [-0.3, -0.25) is 0 Å². The number of hydrogen-bond donors (Lipinski definition) is 2. The smallest absolute Gasteiger partial charge is 0.0969 e. The van der Waals surface area contributed by atoms with Crippen molar-refractivity contribution in [2.45, 2.75) is 32.5 Å². The average Bonchev–Trinajstić information content (AvgIpc) is 2.89. The molecule has 4 rings (SSSR count). The fourth-order valence-electron chi connectivity index (χ4n) is 3.66. The van der Waals surface area contributed by atoms with E-state index in [1.807, 2.05) is 30.3 Å². The van der Waals surface area contributed by atoms with Crippen LogP contribution in [-0.4, -0.2) is 16.2 Å². The summed E-state index contributed by atoms with van der Waals surface area (Å²) in [5, 5.41) is 15.5. The topological polar surface area (TPSA) is 37.2 Å². The van der Waals surface area contributed by atoms with Crippen LogP contribution in [0.4, 0.5) is 0 Å². The maximum atomic E-state index is 10.7. The SMILES string of the molecule is Cc1ccc2c(c1)c1c(n2CC(O)c2ccccc2)CCNC1. The molecule has 0 fully saturated rings. The summed E-state index contributed by atoms with van der Waals surface area (Å²) in [7, 11) is 0. The number of hydrogen-bond acceptors (Lipinski definition) is 2. The van der Waals surface area contributed by atoms with E-state index in [0.717, 1.165) is 25.1 Å². The molecule has 1 aromatic heterocycles. The molecule has 0 aliphatic carbocycles. The second kappa shape index (κ2) is 5.84. The van der Waals surface area contributed by atoms with Crippen LogP contribution in [0.15, 0.2) is 48.5 Å². The van der Waals surface area contributed by atoms with Gasteiger partial charge < -0.3 is 15.0 Å².